The van der Waals surface area contributed by atoms with Crippen molar-refractivity contribution in [3.63, 3.8) is 0 Å². The van der Waals surface area contributed by atoms with Crippen molar-refractivity contribution in [2.24, 2.45) is 9.50 Å². The van der Waals surface area contributed by atoms with Crippen LogP contribution in [0.1, 0.15) is 16.7 Å². The maximum atomic E-state index is 12.5. The average molecular weight is 405 g/mol. The van der Waals surface area contributed by atoms with E-state index in [0.29, 0.717) is 16.7 Å². The molecule has 10 heteroatoms. The summed E-state index contributed by atoms with van der Waals surface area (Å²) in [6.07, 6.45) is 1.68. The second kappa shape index (κ2) is 7.87. The Bertz CT molecular complexity index is 1060. The number of methoxy groups -OCH3 is 2. The van der Waals surface area contributed by atoms with Gasteiger partial charge in [0.1, 0.15) is 10.6 Å². The molecule has 28 heavy (non-hydrogen) atoms. The Morgan fingerprint density at radius 2 is 1.93 bits per heavy atom. The second-order valence-corrected chi connectivity index (χ2v) is 7.36. The number of hydrogen-bond acceptors (Lipinski definition) is 8. The monoisotopic (exact) mass is 405 g/mol. The van der Waals surface area contributed by atoms with Crippen LogP contribution in [0.2, 0.25) is 0 Å². The first kappa shape index (κ1) is 19.6. The molecule has 0 unspecified atom stereocenters. The van der Waals surface area contributed by atoms with E-state index in [1.165, 1.54) is 32.6 Å². The quantitative estimate of drug-likeness (QED) is 0.483. The first-order chi connectivity index (χ1) is 13.4. The van der Waals surface area contributed by atoms with Gasteiger partial charge in [-0.05, 0) is 41.8 Å². The molecule has 0 atom stereocenters. The van der Waals surface area contributed by atoms with Crippen molar-refractivity contribution >= 4 is 22.1 Å². The van der Waals surface area contributed by atoms with Crippen molar-refractivity contribution in [2.75, 3.05) is 20.8 Å². The van der Waals surface area contributed by atoms with Crippen molar-refractivity contribution in [3.05, 3.63) is 47.0 Å². The van der Waals surface area contributed by atoms with Gasteiger partial charge in [-0.15, -0.1) is 4.40 Å². The molecule has 1 aliphatic heterocycles. The zero-order valence-electron chi connectivity index (χ0n) is 15.2. The Labute approximate surface area is 162 Å². The summed E-state index contributed by atoms with van der Waals surface area (Å²) in [5, 5.41) is 23.0. The molecule has 0 amide bonds. The van der Waals surface area contributed by atoms with Gasteiger partial charge < -0.3 is 19.7 Å². The molecular formula is C18H19N3O6S. The number of fused-ring (bicyclic) bond motifs is 1. The molecule has 0 spiro atoms. The summed E-state index contributed by atoms with van der Waals surface area (Å²) in [4.78, 5) is -0.0510. The number of rotatable bonds is 6. The third-order valence-corrected chi connectivity index (χ3v) is 5.45. The van der Waals surface area contributed by atoms with E-state index in [0.717, 1.165) is 0 Å². The van der Waals surface area contributed by atoms with Gasteiger partial charge >= 0.3 is 0 Å². The lowest BCUT2D eigenvalue weighted by atomic mass is 10.0. The number of benzene rings is 2. The molecule has 0 fully saturated rings. The predicted octanol–water partition coefficient (Wildman–Crippen LogP) is 1.02. The number of aromatic hydroxyl groups is 1. The molecule has 9 nitrogen and oxygen atoms in total. The van der Waals surface area contributed by atoms with Crippen molar-refractivity contribution in [2.45, 2.75) is 11.3 Å². The number of ether oxygens (including phenoxy) is 2. The Morgan fingerprint density at radius 1 is 1.18 bits per heavy atom. The van der Waals surface area contributed by atoms with E-state index < -0.39 is 10.0 Å². The minimum absolute atomic E-state index is 0.00598. The Balaban J connectivity index is 1.95. The highest BCUT2D eigenvalue weighted by Gasteiger charge is 2.34. The Kier molecular flexibility index (Phi) is 5.52. The maximum Gasteiger partial charge on any atom is 0.288 e. The van der Waals surface area contributed by atoms with Gasteiger partial charge in [0, 0.05) is 12.2 Å². The largest absolute Gasteiger partial charge is 0.504 e. The number of nitrogens with one attached hydrogen (secondary N) is 1. The Morgan fingerprint density at radius 3 is 2.61 bits per heavy atom. The lowest BCUT2D eigenvalue weighted by Gasteiger charge is -2.11. The fourth-order valence-corrected chi connectivity index (χ4v) is 4.19. The van der Waals surface area contributed by atoms with Crippen LogP contribution in [0.15, 0.2) is 44.7 Å². The van der Waals surface area contributed by atoms with Gasteiger partial charge in [-0.3, -0.25) is 5.43 Å². The van der Waals surface area contributed by atoms with Gasteiger partial charge in [-0.1, -0.05) is 6.07 Å². The van der Waals surface area contributed by atoms with E-state index in [1.807, 2.05) is 0 Å². The number of hydrazone groups is 1. The van der Waals surface area contributed by atoms with E-state index in [1.54, 1.807) is 18.2 Å². The molecule has 0 bridgehead atoms. The highest BCUT2D eigenvalue weighted by molar-refractivity contribution is 7.91. The number of sulfonamides is 1. The van der Waals surface area contributed by atoms with Gasteiger partial charge in [-0.2, -0.15) is 13.5 Å². The Hall–Kier alpha value is -3.11. The van der Waals surface area contributed by atoms with Crippen molar-refractivity contribution in [1.29, 1.82) is 0 Å². The summed E-state index contributed by atoms with van der Waals surface area (Å²) in [7, 11) is -1.15. The molecule has 1 aliphatic rings. The molecule has 0 aromatic heterocycles. The standard InChI is InChI=1S/C18H19N3O6S/c1-26-14-6-4-12(7-8-22)16-17(14)28(24,25)21-18(16)20-19-10-11-3-5-13(23)15(9-11)27-2/h3-6,9-10,22-23H,7-8H2,1-2H3,(H,20,21)/b19-10+. The normalized spacial score (nSPS) is 14.6. The van der Waals surface area contributed by atoms with Crippen LogP contribution in [0, 0.1) is 0 Å². The SMILES string of the molecule is COc1cc(/C=N/NC2=NS(=O)(=O)c3c(OC)ccc(CCO)c32)ccc1O. The number of amidine groups is 1. The van der Waals surface area contributed by atoms with Gasteiger partial charge in [-0.25, -0.2) is 0 Å². The predicted molar refractivity (Wildman–Crippen MR) is 103 cm³/mol. The van der Waals surface area contributed by atoms with E-state index in [4.69, 9.17) is 9.47 Å². The zero-order chi connectivity index (χ0) is 20.3. The summed E-state index contributed by atoms with van der Waals surface area (Å²) in [5.41, 5.74) is 4.19. The van der Waals surface area contributed by atoms with Crippen molar-refractivity contribution in [3.8, 4) is 17.2 Å². The molecular weight excluding hydrogens is 386 g/mol. The van der Waals surface area contributed by atoms with Crippen LogP contribution >= 0.6 is 0 Å². The summed E-state index contributed by atoms with van der Waals surface area (Å²) in [5.74, 6) is 0.488. The van der Waals surface area contributed by atoms with Crippen LogP contribution in [-0.2, 0) is 16.4 Å². The van der Waals surface area contributed by atoms with Crippen molar-refractivity contribution < 1.29 is 28.1 Å². The lowest BCUT2D eigenvalue weighted by molar-refractivity contribution is 0.299. The minimum Gasteiger partial charge on any atom is -0.504 e. The molecule has 0 saturated carbocycles. The molecule has 0 saturated heterocycles. The van der Waals surface area contributed by atoms with Crippen LogP contribution in [0.4, 0.5) is 0 Å². The highest BCUT2D eigenvalue weighted by atomic mass is 32.2. The molecule has 2 aromatic rings. The van der Waals surface area contributed by atoms with Gasteiger partial charge in [0.25, 0.3) is 10.0 Å². The number of phenols is 1. The fourth-order valence-electron chi connectivity index (χ4n) is 2.84. The maximum absolute atomic E-state index is 12.5. The molecule has 3 N–H and O–H groups in total. The van der Waals surface area contributed by atoms with Crippen molar-refractivity contribution in [1.82, 2.24) is 5.43 Å². The van der Waals surface area contributed by atoms with Gasteiger partial charge in [0.15, 0.2) is 17.3 Å². The van der Waals surface area contributed by atoms with Gasteiger partial charge in [0.05, 0.1) is 20.4 Å². The third kappa shape index (κ3) is 3.64. The van der Waals surface area contributed by atoms with Gasteiger partial charge in [0.2, 0.25) is 0 Å². The number of aliphatic hydroxyl groups excluding tert-OH is 1. The van der Waals surface area contributed by atoms with E-state index in [9.17, 15) is 18.6 Å². The smallest absolute Gasteiger partial charge is 0.288 e. The van der Waals surface area contributed by atoms with Crippen LogP contribution in [0.3, 0.4) is 0 Å². The number of phenolic OH excluding ortho intramolecular Hbond substituents is 1. The number of hydrogen-bond donors (Lipinski definition) is 3. The zero-order valence-corrected chi connectivity index (χ0v) is 16.0. The number of nitrogens with zero attached hydrogens (tertiary/aromatic N) is 2. The second-order valence-electron chi connectivity index (χ2n) is 5.82. The van der Waals surface area contributed by atoms with Crippen LogP contribution < -0.4 is 14.9 Å². The van der Waals surface area contributed by atoms with E-state index in [2.05, 4.69) is 14.9 Å². The molecule has 3 rings (SSSR count). The lowest BCUT2D eigenvalue weighted by Crippen LogP contribution is -2.19. The van der Waals surface area contributed by atoms with Crippen LogP contribution in [-0.4, -0.2) is 51.5 Å². The van der Waals surface area contributed by atoms with Crippen LogP contribution in [0.5, 0.6) is 17.2 Å². The molecule has 0 radical (unpaired) electrons. The third-order valence-electron chi connectivity index (χ3n) is 4.10. The average Bonchev–Trinajstić information content (AvgIpc) is 2.95. The van der Waals surface area contributed by atoms with E-state index in [-0.39, 0.29) is 41.0 Å². The molecule has 0 aliphatic carbocycles. The fraction of sp³-hybridized carbons (Fsp3) is 0.222. The summed E-state index contributed by atoms with van der Waals surface area (Å²) >= 11 is 0. The number of aliphatic hydroxyl groups is 1. The van der Waals surface area contributed by atoms with Crippen LogP contribution in [0.25, 0.3) is 0 Å². The summed E-state index contributed by atoms with van der Waals surface area (Å²) in [6.45, 7) is -0.150. The molecule has 1 heterocycles. The van der Waals surface area contributed by atoms with E-state index >= 15 is 0 Å². The summed E-state index contributed by atoms with van der Waals surface area (Å²) in [6, 6.07) is 7.86. The molecule has 148 valence electrons. The highest BCUT2D eigenvalue weighted by Crippen LogP contribution is 2.36. The molecule has 2 aromatic carbocycles. The topological polar surface area (TPSA) is 130 Å². The minimum atomic E-state index is -3.96. The first-order valence-corrected chi connectivity index (χ1v) is 9.67. The first-order valence-electron chi connectivity index (χ1n) is 8.23. The summed E-state index contributed by atoms with van der Waals surface area (Å²) < 4.78 is 38.9.